The van der Waals surface area contributed by atoms with Crippen LogP contribution in [0.5, 0.6) is 17.4 Å². The smallest absolute Gasteiger partial charge is 0.219 e. The molecule has 0 saturated heterocycles. The van der Waals surface area contributed by atoms with Crippen molar-refractivity contribution in [3.05, 3.63) is 108 Å². The first-order valence-corrected chi connectivity index (χ1v) is 10.3. The van der Waals surface area contributed by atoms with Gasteiger partial charge in [-0.25, -0.2) is 9.97 Å². The fourth-order valence-corrected chi connectivity index (χ4v) is 3.52. The van der Waals surface area contributed by atoms with E-state index in [1.807, 2.05) is 30.3 Å². The van der Waals surface area contributed by atoms with Gasteiger partial charge in [-0.2, -0.15) is 0 Å². The summed E-state index contributed by atoms with van der Waals surface area (Å²) in [6, 6.07) is 23.0. The van der Waals surface area contributed by atoms with Gasteiger partial charge in [0, 0.05) is 23.7 Å². The van der Waals surface area contributed by atoms with Crippen molar-refractivity contribution in [2.45, 2.75) is 6.42 Å². The number of aromatic hydroxyl groups is 3. The molecule has 0 amide bonds. The van der Waals surface area contributed by atoms with Crippen molar-refractivity contribution < 1.29 is 15.3 Å². The Morgan fingerprint density at radius 3 is 2.09 bits per heavy atom. The standard InChI is InChI=1S/C27H19N3O3/c31-21-11-6-19(7-12-21)16-24-27(33)30-17-25(20-9-13-22(32)14-10-20)28-23(26(30)29-24)15-8-18-4-2-1-3-5-18/h1-7,9-14,17,31-33H,16H2. The number of aromatic nitrogens is 3. The highest BCUT2D eigenvalue weighted by molar-refractivity contribution is 5.66. The van der Waals surface area contributed by atoms with Crippen molar-refractivity contribution in [1.82, 2.24) is 14.4 Å². The van der Waals surface area contributed by atoms with Crippen LogP contribution < -0.4 is 0 Å². The Morgan fingerprint density at radius 1 is 0.727 bits per heavy atom. The molecule has 0 atom stereocenters. The summed E-state index contributed by atoms with van der Waals surface area (Å²) in [5.74, 6) is 6.55. The molecule has 0 saturated carbocycles. The quantitative estimate of drug-likeness (QED) is 0.365. The third kappa shape index (κ3) is 4.21. The lowest BCUT2D eigenvalue weighted by Gasteiger charge is -2.05. The van der Waals surface area contributed by atoms with Crippen LogP contribution >= 0.6 is 0 Å². The molecule has 0 fully saturated rings. The van der Waals surface area contributed by atoms with Crippen LogP contribution in [0.3, 0.4) is 0 Å². The summed E-state index contributed by atoms with van der Waals surface area (Å²) in [5.41, 5.74) is 4.45. The molecule has 0 aliphatic heterocycles. The van der Waals surface area contributed by atoms with E-state index in [0.29, 0.717) is 29.1 Å². The molecule has 0 aliphatic carbocycles. The minimum absolute atomic E-state index is 0.00302. The molecule has 160 valence electrons. The summed E-state index contributed by atoms with van der Waals surface area (Å²) in [6.07, 6.45) is 2.09. The van der Waals surface area contributed by atoms with E-state index >= 15 is 0 Å². The summed E-state index contributed by atoms with van der Waals surface area (Å²) in [6.45, 7) is 0. The minimum atomic E-state index is 0.00302. The fourth-order valence-electron chi connectivity index (χ4n) is 3.52. The van der Waals surface area contributed by atoms with Crippen molar-refractivity contribution in [2.75, 3.05) is 0 Å². The maximum atomic E-state index is 11.0. The van der Waals surface area contributed by atoms with Crippen molar-refractivity contribution in [3.8, 4) is 40.5 Å². The van der Waals surface area contributed by atoms with Crippen molar-refractivity contribution in [1.29, 1.82) is 0 Å². The van der Waals surface area contributed by atoms with Crippen LogP contribution in [0.15, 0.2) is 85.1 Å². The highest BCUT2D eigenvalue weighted by Crippen LogP contribution is 2.28. The molecule has 0 bridgehead atoms. The van der Waals surface area contributed by atoms with Crippen molar-refractivity contribution >= 4 is 5.65 Å². The lowest BCUT2D eigenvalue weighted by atomic mass is 10.1. The van der Waals surface area contributed by atoms with Gasteiger partial charge in [-0.15, -0.1) is 0 Å². The Morgan fingerprint density at radius 2 is 1.39 bits per heavy atom. The maximum Gasteiger partial charge on any atom is 0.219 e. The van der Waals surface area contributed by atoms with E-state index in [1.165, 1.54) is 0 Å². The predicted octanol–water partition coefficient (Wildman–Crippen LogP) is 4.50. The number of imidazole rings is 1. The van der Waals surface area contributed by atoms with Crippen LogP contribution in [0.4, 0.5) is 0 Å². The zero-order valence-corrected chi connectivity index (χ0v) is 17.5. The number of phenolic OH excluding ortho intramolecular Hbond substituents is 2. The first-order chi connectivity index (χ1) is 16.1. The number of nitrogens with zero attached hydrogens (tertiary/aromatic N) is 3. The third-order valence-electron chi connectivity index (χ3n) is 5.22. The van der Waals surface area contributed by atoms with Gasteiger partial charge in [-0.05, 0) is 60.0 Å². The summed E-state index contributed by atoms with van der Waals surface area (Å²) in [7, 11) is 0. The number of hydrogen-bond acceptors (Lipinski definition) is 5. The number of benzene rings is 3. The molecule has 6 nitrogen and oxygen atoms in total. The van der Waals surface area contributed by atoms with E-state index in [1.54, 1.807) is 59.1 Å². The van der Waals surface area contributed by atoms with E-state index in [9.17, 15) is 15.3 Å². The van der Waals surface area contributed by atoms with Crippen LogP contribution in [0.1, 0.15) is 22.5 Å². The zero-order valence-electron chi connectivity index (χ0n) is 17.5. The highest BCUT2D eigenvalue weighted by Gasteiger charge is 2.17. The van der Waals surface area contributed by atoms with Crippen LogP contribution in [-0.2, 0) is 6.42 Å². The van der Waals surface area contributed by atoms with Crippen molar-refractivity contribution in [2.24, 2.45) is 0 Å². The van der Waals surface area contributed by atoms with Gasteiger partial charge >= 0.3 is 0 Å². The Kier molecular flexibility index (Phi) is 5.13. The first-order valence-electron chi connectivity index (χ1n) is 10.3. The number of phenols is 2. The summed E-state index contributed by atoms with van der Waals surface area (Å²) < 4.78 is 1.58. The number of fused-ring (bicyclic) bond motifs is 1. The second-order valence-corrected chi connectivity index (χ2v) is 7.56. The predicted molar refractivity (Wildman–Crippen MR) is 125 cm³/mol. The van der Waals surface area contributed by atoms with Crippen molar-refractivity contribution in [3.63, 3.8) is 0 Å². The van der Waals surface area contributed by atoms with E-state index in [0.717, 1.165) is 16.7 Å². The molecule has 5 rings (SSSR count). The molecule has 5 aromatic rings. The molecule has 0 aliphatic rings. The summed E-state index contributed by atoms with van der Waals surface area (Å²) in [5, 5.41) is 30.1. The van der Waals surface area contributed by atoms with Crippen LogP contribution in [0.2, 0.25) is 0 Å². The minimum Gasteiger partial charge on any atom is -0.508 e. The van der Waals surface area contributed by atoms with E-state index < -0.39 is 0 Å². The van der Waals surface area contributed by atoms with Gasteiger partial charge in [0.15, 0.2) is 11.3 Å². The van der Waals surface area contributed by atoms with E-state index in [-0.39, 0.29) is 17.4 Å². The lowest BCUT2D eigenvalue weighted by Crippen LogP contribution is -1.96. The molecule has 0 radical (unpaired) electrons. The Balaban J connectivity index is 1.65. The molecular formula is C27H19N3O3. The monoisotopic (exact) mass is 433 g/mol. The number of rotatable bonds is 3. The Hall–Kier alpha value is -4.76. The van der Waals surface area contributed by atoms with Gasteiger partial charge in [0.25, 0.3) is 0 Å². The molecule has 3 N–H and O–H groups in total. The Labute approximate surface area is 190 Å². The third-order valence-corrected chi connectivity index (χ3v) is 5.22. The number of hydrogen-bond donors (Lipinski definition) is 3. The summed E-state index contributed by atoms with van der Waals surface area (Å²) >= 11 is 0. The molecule has 33 heavy (non-hydrogen) atoms. The highest BCUT2D eigenvalue weighted by atomic mass is 16.3. The molecule has 6 heteroatoms. The molecule has 0 spiro atoms. The SMILES string of the molecule is Oc1ccc(Cc2nc3c(C#Cc4ccccc4)nc(-c4ccc(O)cc4)cn3c2O)cc1. The maximum absolute atomic E-state index is 11.0. The lowest BCUT2D eigenvalue weighted by molar-refractivity contribution is 0.442. The fraction of sp³-hybridized carbons (Fsp3) is 0.0370. The largest absolute Gasteiger partial charge is 0.508 e. The second kappa shape index (κ2) is 8.40. The van der Waals surface area contributed by atoms with E-state index in [2.05, 4.69) is 16.8 Å². The van der Waals surface area contributed by atoms with Crippen LogP contribution in [0, 0.1) is 11.8 Å². The van der Waals surface area contributed by atoms with Crippen LogP contribution in [-0.4, -0.2) is 29.7 Å². The molecule has 3 aromatic carbocycles. The van der Waals surface area contributed by atoms with Gasteiger partial charge in [-0.1, -0.05) is 36.3 Å². The molecule has 2 heterocycles. The van der Waals surface area contributed by atoms with Gasteiger partial charge in [0.05, 0.1) is 5.69 Å². The molecule has 2 aromatic heterocycles. The first kappa shape index (κ1) is 20.2. The molecular weight excluding hydrogens is 414 g/mol. The second-order valence-electron chi connectivity index (χ2n) is 7.56. The van der Waals surface area contributed by atoms with Gasteiger partial charge in [-0.3, -0.25) is 4.40 Å². The van der Waals surface area contributed by atoms with Gasteiger partial charge in [0.2, 0.25) is 5.88 Å². The normalized spacial score (nSPS) is 10.7. The summed E-state index contributed by atoms with van der Waals surface area (Å²) in [4.78, 5) is 9.34. The molecule has 0 unspecified atom stereocenters. The average Bonchev–Trinajstić information content (AvgIpc) is 3.15. The topological polar surface area (TPSA) is 90.9 Å². The average molecular weight is 433 g/mol. The van der Waals surface area contributed by atoms with Gasteiger partial charge < -0.3 is 15.3 Å². The Bertz CT molecular complexity index is 1490. The van der Waals surface area contributed by atoms with Crippen LogP contribution in [0.25, 0.3) is 16.9 Å². The van der Waals surface area contributed by atoms with E-state index in [4.69, 9.17) is 4.98 Å². The zero-order chi connectivity index (χ0) is 22.8. The van der Waals surface area contributed by atoms with Gasteiger partial charge in [0.1, 0.15) is 17.2 Å².